The number of benzene rings is 2. The second-order valence-electron chi connectivity index (χ2n) is 7.13. The van der Waals surface area contributed by atoms with Crippen molar-refractivity contribution in [2.45, 2.75) is 24.3 Å². The van der Waals surface area contributed by atoms with Gasteiger partial charge < -0.3 is 15.0 Å². The number of H-pyrrole nitrogens is 1. The van der Waals surface area contributed by atoms with Crippen molar-refractivity contribution < 1.29 is 22.3 Å². The van der Waals surface area contributed by atoms with Gasteiger partial charge >= 0.3 is 6.09 Å². The van der Waals surface area contributed by atoms with Crippen LogP contribution in [0.15, 0.2) is 52.0 Å². The Bertz CT molecular complexity index is 1270. The monoisotopic (exact) mass is 558 g/mol. The van der Waals surface area contributed by atoms with Crippen molar-refractivity contribution in [3.05, 3.63) is 57.9 Å². The molecule has 3 rings (SSSR count). The highest BCUT2D eigenvalue weighted by atomic mass is 79.9. The SMILES string of the molecule is COC(=O)NC(C)CCNS(=O)(=O)c1cc(-c2nc(-c3ccc(Br)c(F)c3)c[nH]2)ccc1Cl. The number of amides is 1. The molecule has 1 aromatic heterocycles. The number of aromatic amines is 1. The quantitative estimate of drug-likeness (QED) is 0.370. The Labute approximate surface area is 204 Å². The third-order valence-corrected chi connectivity index (χ3v) is 7.29. The molecule has 1 atom stereocenters. The van der Waals surface area contributed by atoms with E-state index in [4.69, 9.17) is 11.6 Å². The number of alkyl carbamates (subject to hydrolysis) is 1. The molecule has 0 bridgehead atoms. The van der Waals surface area contributed by atoms with Crippen molar-refractivity contribution >= 4 is 43.6 Å². The third kappa shape index (κ3) is 6.32. The van der Waals surface area contributed by atoms with Crippen LogP contribution in [0.1, 0.15) is 13.3 Å². The van der Waals surface area contributed by atoms with E-state index >= 15 is 0 Å². The number of imidazole rings is 1. The van der Waals surface area contributed by atoms with Crippen LogP contribution in [0.4, 0.5) is 9.18 Å². The number of sulfonamides is 1. The van der Waals surface area contributed by atoms with Gasteiger partial charge in [0.2, 0.25) is 10.0 Å². The number of nitrogens with zero attached hydrogens (tertiary/aromatic N) is 1. The van der Waals surface area contributed by atoms with Gasteiger partial charge in [-0.05, 0) is 59.6 Å². The van der Waals surface area contributed by atoms with E-state index in [1.807, 2.05) is 0 Å². The fourth-order valence-corrected chi connectivity index (χ4v) is 4.77. The number of carbonyl (C=O) groups excluding carboxylic acids is 1. The molecule has 33 heavy (non-hydrogen) atoms. The number of carbonyl (C=O) groups is 1. The minimum atomic E-state index is -3.93. The van der Waals surface area contributed by atoms with E-state index in [0.717, 1.165) is 0 Å². The molecular formula is C21H21BrClFN4O4S. The summed E-state index contributed by atoms with van der Waals surface area (Å²) in [4.78, 5) is 18.5. The highest BCUT2D eigenvalue weighted by Crippen LogP contribution is 2.29. The molecule has 0 fully saturated rings. The summed E-state index contributed by atoms with van der Waals surface area (Å²) in [7, 11) is -2.68. The smallest absolute Gasteiger partial charge is 0.407 e. The van der Waals surface area contributed by atoms with Gasteiger partial charge in [0.1, 0.15) is 16.5 Å². The van der Waals surface area contributed by atoms with Crippen LogP contribution in [0.25, 0.3) is 22.6 Å². The average molecular weight is 560 g/mol. The van der Waals surface area contributed by atoms with Gasteiger partial charge in [-0.1, -0.05) is 17.7 Å². The molecule has 0 saturated heterocycles. The Hall–Kier alpha value is -2.47. The highest BCUT2D eigenvalue weighted by Gasteiger charge is 2.20. The van der Waals surface area contributed by atoms with E-state index in [2.05, 4.69) is 40.7 Å². The molecule has 0 radical (unpaired) electrons. The van der Waals surface area contributed by atoms with E-state index < -0.39 is 21.9 Å². The zero-order valence-corrected chi connectivity index (χ0v) is 20.8. The van der Waals surface area contributed by atoms with Gasteiger partial charge in [0, 0.05) is 29.9 Å². The lowest BCUT2D eigenvalue weighted by Crippen LogP contribution is -2.36. The maximum atomic E-state index is 13.9. The average Bonchev–Trinajstić information content (AvgIpc) is 3.26. The first-order valence-corrected chi connectivity index (χ1v) is 12.4. The zero-order valence-electron chi connectivity index (χ0n) is 17.7. The summed E-state index contributed by atoms with van der Waals surface area (Å²) in [6.45, 7) is 1.80. The minimum Gasteiger partial charge on any atom is -0.453 e. The third-order valence-electron chi connectivity index (χ3n) is 4.71. The molecule has 0 saturated carbocycles. The number of methoxy groups -OCH3 is 1. The number of nitrogens with one attached hydrogen (secondary N) is 3. The molecule has 0 aliphatic heterocycles. The summed E-state index contributed by atoms with van der Waals surface area (Å²) in [5.74, 6) is -0.0172. The van der Waals surface area contributed by atoms with Crippen LogP contribution < -0.4 is 10.0 Å². The van der Waals surface area contributed by atoms with E-state index in [1.54, 1.807) is 31.3 Å². The van der Waals surface area contributed by atoms with E-state index in [1.165, 1.54) is 25.3 Å². The molecule has 3 N–H and O–H groups in total. The van der Waals surface area contributed by atoms with E-state index in [-0.39, 0.29) is 22.5 Å². The number of ether oxygens (including phenoxy) is 1. The molecule has 1 unspecified atom stereocenters. The van der Waals surface area contributed by atoms with Crippen LogP contribution in [-0.4, -0.2) is 44.2 Å². The predicted molar refractivity (Wildman–Crippen MR) is 127 cm³/mol. The molecule has 0 aliphatic rings. The van der Waals surface area contributed by atoms with Crippen LogP contribution in [0.5, 0.6) is 0 Å². The van der Waals surface area contributed by atoms with Gasteiger partial charge in [0.15, 0.2) is 0 Å². The second kappa shape index (κ2) is 10.6. The molecule has 3 aromatic rings. The van der Waals surface area contributed by atoms with Crippen LogP contribution in [-0.2, 0) is 14.8 Å². The number of halogens is 3. The minimum absolute atomic E-state index is 0.0498. The van der Waals surface area contributed by atoms with Crippen LogP contribution >= 0.6 is 27.5 Å². The molecule has 12 heteroatoms. The molecule has 1 amide bonds. The normalized spacial score (nSPS) is 12.4. The van der Waals surface area contributed by atoms with Crippen molar-refractivity contribution in [2.75, 3.05) is 13.7 Å². The maximum absolute atomic E-state index is 13.9. The first-order valence-electron chi connectivity index (χ1n) is 9.75. The molecule has 0 aliphatic carbocycles. The van der Waals surface area contributed by atoms with E-state index in [9.17, 15) is 17.6 Å². The zero-order chi connectivity index (χ0) is 24.2. The van der Waals surface area contributed by atoms with Gasteiger partial charge in [-0.15, -0.1) is 0 Å². The van der Waals surface area contributed by atoms with Crippen molar-refractivity contribution in [1.29, 1.82) is 0 Å². The topological polar surface area (TPSA) is 113 Å². The predicted octanol–water partition coefficient (Wildman–Crippen LogP) is 4.71. The summed E-state index contributed by atoms with van der Waals surface area (Å²) in [5.41, 5.74) is 1.56. The van der Waals surface area contributed by atoms with Gasteiger partial charge in [-0.3, -0.25) is 0 Å². The molecule has 176 valence electrons. The molecule has 2 aromatic carbocycles. The van der Waals surface area contributed by atoms with Gasteiger partial charge in [0.05, 0.1) is 22.3 Å². The van der Waals surface area contributed by atoms with E-state index in [0.29, 0.717) is 33.5 Å². The van der Waals surface area contributed by atoms with Crippen LogP contribution in [0.3, 0.4) is 0 Å². The van der Waals surface area contributed by atoms with Crippen LogP contribution in [0, 0.1) is 5.82 Å². The number of rotatable bonds is 8. The van der Waals surface area contributed by atoms with Gasteiger partial charge in [-0.25, -0.2) is 27.3 Å². The second-order valence-corrected chi connectivity index (χ2v) is 10.1. The number of hydrogen-bond donors (Lipinski definition) is 3. The summed E-state index contributed by atoms with van der Waals surface area (Å²) in [5, 5.41) is 2.61. The lowest BCUT2D eigenvalue weighted by molar-refractivity contribution is 0.167. The first-order chi connectivity index (χ1) is 15.6. The Morgan fingerprint density at radius 2 is 2.00 bits per heavy atom. The van der Waals surface area contributed by atoms with Crippen molar-refractivity contribution in [2.24, 2.45) is 0 Å². The summed E-state index contributed by atoms with van der Waals surface area (Å²) >= 11 is 9.28. The fraction of sp³-hybridized carbons (Fsp3) is 0.238. The molecule has 8 nitrogen and oxygen atoms in total. The van der Waals surface area contributed by atoms with Crippen molar-refractivity contribution in [1.82, 2.24) is 20.0 Å². The van der Waals surface area contributed by atoms with Crippen LogP contribution in [0.2, 0.25) is 5.02 Å². The number of aromatic nitrogens is 2. The standard InChI is InChI=1S/C21H21BrClFN4O4S/c1-12(27-21(29)32-2)7-8-26-33(30,31)19-10-14(4-6-16(19)23)20-25-11-18(28-20)13-3-5-15(22)17(24)9-13/h3-6,9-12,26H,7-8H2,1-2H3,(H,25,28)(H,27,29). The highest BCUT2D eigenvalue weighted by molar-refractivity contribution is 9.10. The number of hydrogen-bond acceptors (Lipinski definition) is 5. The molecule has 0 spiro atoms. The van der Waals surface area contributed by atoms with Crippen molar-refractivity contribution in [3.8, 4) is 22.6 Å². The summed E-state index contributed by atoms with van der Waals surface area (Å²) < 4.78 is 46.8. The lowest BCUT2D eigenvalue weighted by atomic mass is 10.2. The fourth-order valence-electron chi connectivity index (χ4n) is 2.95. The summed E-state index contributed by atoms with van der Waals surface area (Å²) in [6.07, 6.45) is 1.36. The Balaban J connectivity index is 1.77. The van der Waals surface area contributed by atoms with Gasteiger partial charge in [-0.2, -0.15) is 0 Å². The molecular weight excluding hydrogens is 539 g/mol. The van der Waals surface area contributed by atoms with Crippen molar-refractivity contribution in [3.63, 3.8) is 0 Å². The Morgan fingerprint density at radius 1 is 1.27 bits per heavy atom. The summed E-state index contributed by atoms with van der Waals surface area (Å²) in [6, 6.07) is 8.85. The Morgan fingerprint density at radius 3 is 2.70 bits per heavy atom. The largest absolute Gasteiger partial charge is 0.453 e. The van der Waals surface area contributed by atoms with Gasteiger partial charge in [0.25, 0.3) is 0 Å². The maximum Gasteiger partial charge on any atom is 0.407 e. The lowest BCUT2D eigenvalue weighted by Gasteiger charge is -2.14. The Kier molecular flexibility index (Phi) is 8.11. The molecule has 1 heterocycles. The first kappa shape index (κ1) is 25.2.